The van der Waals surface area contributed by atoms with E-state index in [2.05, 4.69) is 5.32 Å². The molecule has 0 aromatic heterocycles. The summed E-state index contributed by atoms with van der Waals surface area (Å²) in [5.41, 5.74) is 2.01. The second kappa shape index (κ2) is 13.0. The number of hydrogen-bond donors (Lipinski definition) is 1. The Hall–Kier alpha value is -2.24. The molecular formula is C27H34Cl2N2O3. The van der Waals surface area contributed by atoms with Gasteiger partial charge in [0.1, 0.15) is 11.8 Å². The van der Waals surface area contributed by atoms with Crippen molar-refractivity contribution in [1.29, 1.82) is 0 Å². The number of ether oxygens (including phenoxy) is 1. The van der Waals surface area contributed by atoms with Gasteiger partial charge in [-0.3, -0.25) is 9.59 Å². The monoisotopic (exact) mass is 504 g/mol. The largest absolute Gasteiger partial charge is 0.494 e. The number of hydrogen-bond acceptors (Lipinski definition) is 3. The first-order valence-corrected chi connectivity index (χ1v) is 12.9. The molecule has 2 amide bonds. The molecule has 34 heavy (non-hydrogen) atoms. The van der Waals surface area contributed by atoms with Crippen molar-refractivity contribution in [2.75, 3.05) is 6.61 Å². The highest BCUT2D eigenvalue weighted by Gasteiger charge is 2.30. The summed E-state index contributed by atoms with van der Waals surface area (Å²) >= 11 is 12.3. The van der Waals surface area contributed by atoms with Crippen LogP contribution in [0.25, 0.3) is 0 Å². The fraction of sp³-hybridized carbons (Fsp3) is 0.481. The fourth-order valence-corrected chi connectivity index (χ4v) is 4.63. The predicted molar refractivity (Wildman–Crippen MR) is 137 cm³/mol. The highest BCUT2D eigenvalue weighted by atomic mass is 35.5. The zero-order chi connectivity index (χ0) is 24.5. The number of halogens is 2. The van der Waals surface area contributed by atoms with Gasteiger partial charge >= 0.3 is 0 Å². The van der Waals surface area contributed by atoms with Gasteiger partial charge in [0, 0.05) is 19.0 Å². The van der Waals surface area contributed by atoms with Crippen LogP contribution in [0.3, 0.4) is 0 Å². The van der Waals surface area contributed by atoms with Crippen LogP contribution in [0.4, 0.5) is 0 Å². The number of carbonyl (C=O) groups excluding carboxylic acids is 2. The SMILES string of the molecule is CC[C@@H](C(=O)NC1CCCC1)N(Cc1ccc(Cl)c(Cl)c1)C(=O)CCCOc1ccc(C)cc1. The second-order valence-electron chi connectivity index (χ2n) is 8.95. The molecule has 2 aromatic carbocycles. The van der Waals surface area contributed by atoms with Gasteiger partial charge in [-0.1, -0.05) is 66.7 Å². The van der Waals surface area contributed by atoms with E-state index in [4.69, 9.17) is 27.9 Å². The fourth-order valence-electron chi connectivity index (χ4n) is 4.31. The smallest absolute Gasteiger partial charge is 0.243 e. The minimum Gasteiger partial charge on any atom is -0.494 e. The minimum atomic E-state index is -0.541. The molecule has 0 heterocycles. The van der Waals surface area contributed by atoms with Crippen molar-refractivity contribution < 1.29 is 14.3 Å². The molecule has 0 spiro atoms. The van der Waals surface area contributed by atoms with Gasteiger partial charge in [0.05, 0.1) is 16.7 Å². The van der Waals surface area contributed by atoms with Gasteiger partial charge in [-0.05, 0) is 62.4 Å². The van der Waals surface area contributed by atoms with Crippen LogP contribution in [0, 0.1) is 6.92 Å². The van der Waals surface area contributed by atoms with Crippen molar-refractivity contribution in [2.45, 2.75) is 77.4 Å². The Morgan fingerprint density at radius 3 is 2.44 bits per heavy atom. The molecule has 1 N–H and O–H groups in total. The van der Waals surface area contributed by atoms with E-state index in [1.165, 1.54) is 5.56 Å². The van der Waals surface area contributed by atoms with Crippen LogP contribution in [0.1, 0.15) is 63.0 Å². The molecule has 2 aromatic rings. The molecular weight excluding hydrogens is 471 g/mol. The molecule has 5 nitrogen and oxygen atoms in total. The number of amides is 2. The van der Waals surface area contributed by atoms with Gasteiger partial charge in [0.2, 0.25) is 11.8 Å². The van der Waals surface area contributed by atoms with Crippen LogP contribution in [-0.2, 0) is 16.1 Å². The van der Waals surface area contributed by atoms with Gasteiger partial charge < -0.3 is 15.0 Å². The first-order chi connectivity index (χ1) is 16.4. The first kappa shape index (κ1) is 26.4. The van der Waals surface area contributed by atoms with E-state index >= 15 is 0 Å². The van der Waals surface area contributed by atoms with E-state index in [-0.39, 0.29) is 17.9 Å². The Morgan fingerprint density at radius 2 is 1.79 bits per heavy atom. The summed E-state index contributed by atoms with van der Waals surface area (Å²) in [6.07, 6.45) is 5.65. The van der Waals surface area contributed by atoms with Gasteiger partial charge in [-0.15, -0.1) is 0 Å². The molecule has 1 fully saturated rings. The van der Waals surface area contributed by atoms with Crippen molar-refractivity contribution in [1.82, 2.24) is 10.2 Å². The molecule has 184 valence electrons. The quantitative estimate of drug-likeness (QED) is 0.363. The average molecular weight is 505 g/mol. The highest BCUT2D eigenvalue weighted by molar-refractivity contribution is 6.42. The molecule has 7 heteroatoms. The van der Waals surface area contributed by atoms with Gasteiger partial charge in [-0.25, -0.2) is 0 Å². The van der Waals surface area contributed by atoms with E-state index in [1.807, 2.05) is 44.2 Å². The van der Waals surface area contributed by atoms with Gasteiger partial charge in [0.25, 0.3) is 0 Å². The summed E-state index contributed by atoms with van der Waals surface area (Å²) in [6, 6.07) is 12.8. The van der Waals surface area contributed by atoms with Crippen LogP contribution >= 0.6 is 23.2 Å². The Balaban J connectivity index is 1.66. The number of carbonyl (C=O) groups is 2. The van der Waals surface area contributed by atoms with Crippen LogP contribution in [0.15, 0.2) is 42.5 Å². The lowest BCUT2D eigenvalue weighted by Crippen LogP contribution is -2.50. The second-order valence-corrected chi connectivity index (χ2v) is 9.76. The van der Waals surface area contributed by atoms with Crippen LogP contribution in [0.5, 0.6) is 5.75 Å². The maximum Gasteiger partial charge on any atom is 0.243 e. The van der Waals surface area contributed by atoms with Crippen molar-refractivity contribution in [3.63, 3.8) is 0 Å². The van der Waals surface area contributed by atoms with E-state index in [1.54, 1.807) is 17.0 Å². The molecule has 1 aliphatic carbocycles. The Morgan fingerprint density at radius 1 is 1.09 bits per heavy atom. The Kier molecular flexibility index (Phi) is 10.1. The zero-order valence-corrected chi connectivity index (χ0v) is 21.5. The van der Waals surface area contributed by atoms with Crippen molar-refractivity contribution >= 4 is 35.0 Å². The Labute approximate surface area is 212 Å². The van der Waals surface area contributed by atoms with E-state index < -0.39 is 6.04 Å². The molecule has 0 radical (unpaired) electrons. The van der Waals surface area contributed by atoms with E-state index in [0.717, 1.165) is 37.0 Å². The number of nitrogens with zero attached hydrogens (tertiary/aromatic N) is 1. The molecule has 1 aliphatic rings. The average Bonchev–Trinajstić information content (AvgIpc) is 3.33. The minimum absolute atomic E-state index is 0.0769. The molecule has 0 bridgehead atoms. The van der Waals surface area contributed by atoms with Gasteiger partial charge in [-0.2, -0.15) is 0 Å². The lowest BCUT2D eigenvalue weighted by molar-refractivity contribution is -0.141. The molecule has 0 saturated heterocycles. The molecule has 0 unspecified atom stereocenters. The summed E-state index contributed by atoms with van der Waals surface area (Å²) in [5.74, 6) is 0.624. The molecule has 3 rings (SSSR count). The number of rotatable bonds is 11. The zero-order valence-electron chi connectivity index (χ0n) is 20.0. The molecule has 0 aliphatic heterocycles. The summed E-state index contributed by atoms with van der Waals surface area (Å²) in [6.45, 7) is 4.69. The summed E-state index contributed by atoms with van der Waals surface area (Å²) in [7, 11) is 0. The van der Waals surface area contributed by atoms with Crippen LogP contribution in [0.2, 0.25) is 10.0 Å². The maximum absolute atomic E-state index is 13.3. The highest BCUT2D eigenvalue weighted by Crippen LogP contribution is 2.25. The van der Waals surface area contributed by atoms with Gasteiger partial charge in [0.15, 0.2) is 0 Å². The Bertz CT molecular complexity index is 959. The summed E-state index contributed by atoms with van der Waals surface area (Å²) in [4.78, 5) is 28.2. The summed E-state index contributed by atoms with van der Waals surface area (Å²) in [5, 5.41) is 4.05. The first-order valence-electron chi connectivity index (χ1n) is 12.1. The number of aryl methyl sites for hydroxylation is 1. The van der Waals surface area contributed by atoms with Crippen molar-refractivity contribution in [3.05, 3.63) is 63.6 Å². The third-order valence-electron chi connectivity index (χ3n) is 6.25. The number of benzene rings is 2. The standard InChI is InChI=1S/C27H34Cl2N2O3/c1-3-25(27(33)30-21-7-4-5-8-21)31(18-20-12-15-23(28)24(29)17-20)26(32)9-6-16-34-22-13-10-19(2)11-14-22/h10-15,17,21,25H,3-9,16,18H2,1-2H3,(H,30,33)/t25-/m0/s1. The van der Waals surface area contributed by atoms with Crippen molar-refractivity contribution in [2.24, 2.45) is 0 Å². The van der Waals surface area contributed by atoms with Crippen molar-refractivity contribution in [3.8, 4) is 5.75 Å². The van der Waals surface area contributed by atoms with E-state index in [0.29, 0.717) is 42.5 Å². The lowest BCUT2D eigenvalue weighted by Gasteiger charge is -2.31. The van der Waals surface area contributed by atoms with Crippen LogP contribution in [-0.4, -0.2) is 35.4 Å². The third-order valence-corrected chi connectivity index (χ3v) is 6.99. The maximum atomic E-state index is 13.3. The van der Waals surface area contributed by atoms with Crippen LogP contribution < -0.4 is 10.1 Å². The number of nitrogens with one attached hydrogen (secondary N) is 1. The topological polar surface area (TPSA) is 58.6 Å². The predicted octanol–water partition coefficient (Wildman–Crippen LogP) is 6.33. The third kappa shape index (κ3) is 7.64. The molecule has 1 saturated carbocycles. The normalized spacial score (nSPS) is 14.6. The summed E-state index contributed by atoms with van der Waals surface area (Å²) < 4.78 is 5.78. The molecule has 1 atom stereocenters. The lowest BCUT2D eigenvalue weighted by atomic mass is 10.1. The van der Waals surface area contributed by atoms with E-state index in [9.17, 15) is 9.59 Å².